The zero-order chi connectivity index (χ0) is 12.9. The third-order valence-corrected chi connectivity index (χ3v) is 3.38. The van der Waals surface area contributed by atoms with Gasteiger partial charge in [0.1, 0.15) is 11.5 Å². The molecule has 0 spiro atoms. The van der Waals surface area contributed by atoms with Gasteiger partial charge in [-0.3, -0.25) is 0 Å². The summed E-state index contributed by atoms with van der Waals surface area (Å²) in [5.41, 5.74) is 1.27. The van der Waals surface area contributed by atoms with E-state index >= 15 is 0 Å². The van der Waals surface area contributed by atoms with Crippen molar-refractivity contribution in [1.82, 2.24) is 4.57 Å². The molecule has 3 heteroatoms. The zero-order valence-corrected chi connectivity index (χ0v) is 11.0. The van der Waals surface area contributed by atoms with E-state index < -0.39 is 0 Å². The Hall–Kier alpha value is -1.90. The minimum absolute atomic E-state index is 0.748. The van der Waals surface area contributed by atoms with Crippen LogP contribution < -0.4 is 9.47 Å². The minimum atomic E-state index is 0.748. The summed E-state index contributed by atoms with van der Waals surface area (Å²) in [6, 6.07) is 10.2. The Labute approximate surface area is 113 Å². The first-order chi connectivity index (χ1) is 9.42. The Morgan fingerprint density at radius 3 is 3.00 bits per heavy atom. The van der Waals surface area contributed by atoms with E-state index in [1.54, 1.807) is 0 Å². The van der Waals surface area contributed by atoms with Crippen molar-refractivity contribution in [1.29, 1.82) is 0 Å². The Bertz CT molecular complexity index is 520. The highest BCUT2D eigenvalue weighted by molar-refractivity contribution is 5.41. The molecule has 0 saturated heterocycles. The summed E-state index contributed by atoms with van der Waals surface area (Å²) >= 11 is 0. The van der Waals surface area contributed by atoms with Crippen molar-refractivity contribution in [3.63, 3.8) is 0 Å². The average molecular weight is 257 g/mol. The molecule has 3 nitrogen and oxygen atoms in total. The van der Waals surface area contributed by atoms with Gasteiger partial charge in [0.15, 0.2) is 0 Å². The average Bonchev–Trinajstić information content (AvgIpc) is 2.97. The van der Waals surface area contributed by atoms with Crippen LogP contribution in [0.5, 0.6) is 11.5 Å². The normalized spacial score (nSPS) is 13.7. The molecule has 0 saturated carbocycles. The SMILES string of the molecule is c1ccn(CCCOc2ccc3c(c2)CCCO3)c1. The number of ether oxygens (including phenoxy) is 2. The maximum atomic E-state index is 5.80. The Balaban J connectivity index is 1.50. The summed E-state index contributed by atoms with van der Waals surface area (Å²) in [6.07, 6.45) is 7.37. The number of fused-ring (bicyclic) bond motifs is 1. The van der Waals surface area contributed by atoms with Crippen LogP contribution in [0.25, 0.3) is 0 Å². The first kappa shape index (κ1) is 12.2. The van der Waals surface area contributed by atoms with Gasteiger partial charge in [0.25, 0.3) is 0 Å². The third kappa shape index (κ3) is 3.11. The second-order valence-electron chi connectivity index (χ2n) is 4.84. The zero-order valence-electron chi connectivity index (χ0n) is 11.0. The molecule has 0 fully saturated rings. The summed E-state index contributed by atoms with van der Waals surface area (Å²) < 4.78 is 13.6. The Morgan fingerprint density at radius 2 is 2.11 bits per heavy atom. The van der Waals surface area contributed by atoms with Crippen molar-refractivity contribution in [2.45, 2.75) is 25.8 Å². The first-order valence-electron chi connectivity index (χ1n) is 6.91. The molecule has 1 aliphatic rings. The molecule has 0 bridgehead atoms. The van der Waals surface area contributed by atoms with Crippen molar-refractivity contribution >= 4 is 0 Å². The smallest absolute Gasteiger partial charge is 0.122 e. The highest BCUT2D eigenvalue weighted by Gasteiger charge is 2.10. The van der Waals surface area contributed by atoms with E-state index in [-0.39, 0.29) is 0 Å². The predicted molar refractivity (Wildman–Crippen MR) is 74.8 cm³/mol. The number of nitrogens with zero attached hydrogens (tertiary/aromatic N) is 1. The van der Waals surface area contributed by atoms with Crippen LogP contribution in [0.3, 0.4) is 0 Å². The molecular weight excluding hydrogens is 238 g/mol. The second-order valence-corrected chi connectivity index (χ2v) is 4.84. The van der Waals surface area contributed by atoms with Gasteiger partial charge in [-0.2, -0.15) is 0 Å². The van der Waals surface area contributed by atoms with Gasteiger partial charge in [0, 0.05) is 18.9 Å². The van der Waals surface area contributed by atoms with E-state index in [0.29, 0.717) is 0 Å². The van der Waals surface area contributed by atoms with Crippen LogP contribution in [0.4, 0.5) is 0 Å². The van der Waals surface area contributed by atoms with Gasteiger partial charge in [0.05, 0.1) is 13.2 Å². The lowest BCUT2D eigenvalue weighted by Crippen LogP contribution is -2.09. The highest BCUT2D eigenvalue weighted by atomic mass is 16.5. The molecule has 0 radical (unpaired) electrons. The van der Waals surface area contributed by atoms with E-state index in [0.717, 1.165) is 50.5 Å². The lowest BCUT2D eigenvalue weighted by Gasteiger charge is -2.18. The van der Waals surface area contributed by atoms with E-state index in [2.05, 4.69) is 23.0 Å². The first-order valence-corrected chi connectivity index (χ1v) is 6.91. The van der Waals surface area contributed by atoms with E-state index in [9.17, 15) is 0 Å². The molecule has 0 N–H and O–H groups in total. The fourth-order valence-electron chi connectivity index (χ4n) is 2.38. The van der Waals surface area contributed by atoms with Crippen molar-refractivity contribution in [3.05, 3.63) is 48.3 Å². The molecule has 19 heavy (non-hydrogen) atoms. The van der Waals surface area contributed by atoms with Crippen molar-refractivity contribution in [2.75, 3.05) is 13.2 Å². The molecule has 0 amide bonds. The summed E-state index contributed by atoms with van der Waals surface area (Å²) in [6.45, 7) is 2.59. The van der Waals surface area contributed by atoms with Crippen LogP contribution in [0.1, 0.15) is 18.4 Å². The third-order valence-electron chi connectivity index (χ3n) is 3.38. The molecule has 100 valence electrons. The molecule has 3 rings (SSSR count). The van der Waals surface area contributed by atoms with Gasteiger partial charge < -0.3 is 14.0 Å². The molecule has 0 aliphatic carbocycles. The monoisotopic (exact) mass is 257 g/mol. The lowest BCUT2D eigenvalue weighted by atomic mass is 10.1. The van der Waals surface area contributed by atoms with Crippen molar-refractivity contribution in [2.24, 2.45) is 0 Å². The highest BCUT2D eigenvalue weighted by Crippen LogP contribution is 2.28. The van der Waals surface area contributed by atoms with E-state index in [4.69, 9.17) is 9.47 Å². The Morgan fingerprint density at radius 1 is 1.21 bits per heavy atom. The number of aryl methyl sites for hydroxylation is 2. The fourth-order valence-corrected chi connectivity index (χ4v) is 2.38. The van der Waals surface area contributed by atoms with E-state index in [1.807, 2.05) is 24.3 Å². The number of hydrogen-bond acceptors (Lipinski definition) is 2. The maximum absolute atomic E-state index is 5.80. The molecule has 2 aromatic rings. The lowest BCUT2D eigenvalue weighted by molar-refractivity contribution is 0.282. The van der Waals surface area contributed by atoms with Crippen LogP contribution >= 0.6 is 0 Å². The summed E-state index contributed by atoms with van der Waals surface area (Å²) in [4.78, 5) is 0. The van der Waals surface area contributed by atoms with Gasteiger partial charge >= 0.3 is 0 Å². The van der Waals surface area contributed by atoms with Gasteiger partial charge in [-0.1, -0.05) is 0 Å². The van der Waals surface area contributed by atoms with Crippen LogP contribution in [0, 0.1) is 0 Å². The van der Waals surface area contributed by atoms with Gasteiger partial charge in [0.2, 0.25) is 0 Å². The summed E-state index contributed by atoms with van der Waals surface area (Å²) in [5.74, 6) is 1.97. The second kappa shape index (κ2) is 5.83. The molecule has 0 unspecified atom stereocenters. The number of aromatic nitrogens is 1. The van der Waals surface area contributed by atoms with Crippen LogP contribution in [0.15, 0.2) is 42.7 Å². The van der Waals surface area contributed by atoms with Crippen molar-refractivity contribution in [3.8, 4) is 11.5 Å². The van der Waals surface area contributed by atoms with Gasteiger partial charge in [-0.15, -0.1) is 0 Å². The van der Waals surface area contributed by atoms with Gasteiger partial charge in [-0.05, 0) is 55.2 Å². The minimum Gasteiger partial charge on any atom is -0.494 e. The summed E-state index contributed by atoms with van der Waals surface area (Å²) in [7, 11) is 0. The van der Waals surface area contributed by atoms with Crippen LogP contribution in [-0.2, 0) is 13.0 Å². The molecule has 1 aliphatic heterocycles. The van der Waals surface area contributed by atoms with E-state index in [1.165, 1.54) is 5.56 Å². The molecular formula is C16H19NO2. The van der Waals surface area contributed by atoms with Crippen molar-refractivity contribution < 1.29 is 9.47 Å². The maximum Gasteiger partial charge on any atom is 0.122 e. The predicted octanol–water partition coefficient (Wildman–Crippen LogP) is 3.28. The van der Waals surface area contributed by atoms with Crippen LogP contribution in [0.2, 0.25) is 0 Å². The quantitative estimate of drug-likeness (QED) is 0.767. The number of rotatable bonds is 5. The summed E-state index contributed by atoms with van der Waals surface area (Å²) in [5, 5.41) is 0. The Kier molecular flexibility index (Phi) is 3.73. The number of hydrogen-bond donors (Lipinski definition) is 0. The molecule has 0 atom stereocenters. The largest absolute Gasteiger partial charge is 0.494 e. The number of benzene rings is 1. The van der Waals surface area contributed by atoms with Crippen LogP contribution in [-0.4, -0.2) is 17.8 Å². The fraction of sp³-hybridized carbons (Fsp3) is 0.375. The standard InChI is InChI=1S/C16H19NO2/c1-2-9-17(8-1)10-4-12-18-15-6-7-16-14(13-15)5-3-11-19-16/h1-2,6-9,13H,3-5,10-12H2. The molecule has 2 heterocycles. The molecule has 1 aromatic carbocycles. The molecule has 1 aromatic heterocycles. The van der Waals surface area contributed by atoms with Gasteiger partial charge in [-0.25, -0.2) is 0 Å². The topological polar surface area (TPSA) is 23.4 Å².